The number of hydrogen-bond donors (Lipinski definition) is 2. The number of rotatable bonds is 12. The topological polar surface area (TPSA) is 52.6 Å². The van der Waals surface area contributed by atoms with Crippen LogP contribution in [0, 0.1) is 0 Å². The van der Waals surface area contributed by atoms with Crippen LogP contribution in [0.25, 0.3) is 0 Å². The van der Waals surface area contributed by atoms with Gasteiger partial charge in [0, 0.05) is 6.04 Å². The van der Waals surface area contributed by atoms with E-state index in [1.54, 1.807) is 0 Å². The Balaban J connectivity index is 2.45. The molecular formula is C16H32N2O2. The van der Waals surface area contributed by atoms with Crippen molar-refractivity contribution in [1.82, 2.24) is 10.2 Å². The van der Waals surface area contributed by atoms with E-state index in [9.17, 15) is 9.90 Å². The Labute approximate surface area is 123 Å². The molecule has 1 saturated carbocycles. The highest BCUT2D eigenvalue weighted by Gasteiger charge is 2.40. The van der Waals surface area contributed by atoms with Gasteiger partial charge in [0.2, 0.25) is 0 Å². The molecular weight excluding hydrogens is 252 g/mol. The number of aliphatic carboxylic acids is 1. The molecule has 0 aliphatic heterocycles. The van der Waals surface area contributed by atoms with Crippen LogP contribution in [-0.4, -0.2) is 47.2 Å². The lowest BCUT2D eigenvalue weighted by Gasteiger charge is -2.31. The monoisotopic (exact) mass is 284 g/mol. The minimum absolute atomic E-state index is 0.438. The number of carboxylic acid groups (broad SMARTS) is 1. The fourth-order valence-corrected chi connectivity index (χ4v) is 2.86. The molecule has 0 heterocycles. The fourth-order valence-electron chi connectivity index (χ4n) is 2.86. The SMILES string of the molecule is CCCN(CCC)CCCC(CC)(NC1CC1)C(=O)O. The van der Waals surface area contributed by atoms with Crippen LogP contribution >= 0.6 is 0 Å². The first-order chi connectivity index (χ1) is 9.57. The molecule has 0 aromatic heterocycles. The van der Waals surface area contributed by atoms with Crippen LogP contribution in [0.5, 0.6) is 0 Å². The van der Waals surface area contributed by atoms with E-state index in [1.165, 1.54) is 0 Å². The average Bonchev–Trinajstić information content (AvgIpc) is 3.21. The van der Waals surface area contributed by atoms with Gasteiger partial charge in [-0.15, -0.1) is 0 Å². The molecule has 0 amide bonds. The maximum atomic E-state index is 11.7. The summed E-state index contributed by atoms with van der Waals surface area (Å²) in [6, 6.07) is 0.438. The first-order valence-electron chi connectivity index (χ1n) is 8.31. The van der Waals surface area contributed by atoms with Crippen molar-refractivity contribution in [3.8, 4) is 0 Å². The van der Waals surface area contributed by atoms with Gasteiger partial charge in [-0.05, 0) is 64.6 Å². The van der Waals surface area contributed by atoms with Gasteiger partial charge in [0.1, 0.15) is 5.54 Å². The first kappa shape index (κ1) is 17.4. The molecule has 0 radical (unpaired) electrons. The summed E-state index contributed by atoms with van der Waals surface area (Å²) in [4.78, 5) is 14.1. The predicted molar refractivity (Wildman–Crippen MR) is 83.1 cm³/mol. The number of carboxylic acids is 1. The summed E-state index contributed by atoms with van der Waals surface area (Å²) in [5.41, 5.74) is -0.703. The Morgan fingerprint density at radius 1 is 1.20 bits per heavy atom. The van der Waals surface area contributed by atoms with Crippen molar-refractivity contribution in [2.75, 3.05) is 19.6 Å². The Morgan fingerprint density at radius 3 is 2.20 bits per heavy atom. The molecule has 2 N–H and O–H groups in total. The average molecular weight is 284 g/mol. The van der Waals surface area contributed by atoms with Crippen molar-refractivity contribution >= 4 is 5.97 Å². The minimum Gasteiger partial charge on any atom is -0.480 e. The molecule has 0 aromatic carbocycles. The van der Waals surface area contributed by atoms with Crippen molar-refractivity contribution in [3.63, 3.8) is 0 Å². The molecule has 20 heavy (non-hydrogen) atoms. The molecule has 0 spiro atoms. The minimum atomic E-state index is -0.703. The molecule has 0 aromatic rings. The van der Waals surface area contributed by atoms with Crippen LogP contribution < -0.4 is 5.32 Å². The summed E-state index contributed by atoms with van der Waals surface area (Å²) < 4.78 is 0. The molecule has 118 valence electrons. The Kier molecular flexibility index (Phi) is 7.52. The largest absolute Gasteiger partial charge is 0.480 e. The van der Waals surface area contributed by atoms with Crippen LogP contribution in [0.15, 0.2) is 0 Å². The van der Waals surface area contributed by atoms with E-state index >= 15 is 0 Å². The molecule has 4 nitrogen and oxygen atoms in total. The molecule has 0 saturated heterocycles. The van der Waals surface area contributed by atoms with Gasteiger partial charge in [-0.1, -0.05) is 20.8 Å². The lowest BCUT2D eigenvalue weighted by atomic mass is 9.90. The standard InChI is InChI=1S/C16H32N2O2/c1-4-11-18(12-5-2)13-7-10-16(6-3,15(19)20)17-14-8-9-14/h14,17H,4-13H2,1-3H3,(H,19,20). The number of hydrogen-bond acceptors (Lipinski definition) is 3. The first-order valence-corrected chi connectivity index (χ1v) is 8.31. The Bertz CT molecular complexity index is 286. The highest BCUT2D eigenvalue weighted by molar-refractivity contribution is 5.78. The van der Waals surface area contributed by atoms with Crippen LogP contribution in [0.3, 0.4) is 0 Å². The van der Waals surface area contributed by atoms with Gasteiger partial charge in [-0.25, -0.2) is 0 Å². The van der Waals surface area contributed by atoms with Crippen molar-refractivity contribution in [1.29, 1.82) is 0 Å². The van der Waals surface area contributed by atoms with Crippen LogP contribution in [0.1, 0.15) is 65.7 Å². The van der Waals surface area contributed by atoms with Crippen LogP contribution in [0.2, 0.25) is 0 Å². The maximum absolute atomic E-state index is 11.7. The third-order valence-electron chi connectivity index (χ3n) is 4.23. The molecule has 1 rings (SSSR count). The van der Waals surface area contributed by atoms with Crippen LogP contribution in [0.4, 0.5) is 0 Å². The molecule has 4 heteroatoms. The highest BCUT2D eigenvalue weighted by atomic mass is 16.4. The summed E-state index contributed by atoms with van der Waals surface area (Å²) in [5, 5.41) is 13.0. The number of nitrogens with one attached hydrogen (secondary N) is 1. The van der Waals surface area contributed by atoms with Crippen molar-refractivity contribution in [3.05, 3.63) is 0 Å². The van der Waals surface area contributed by atoms with Crippen molar-refractivity contribution in [2.24, 2.45) is 0 Å². The smallest absolute Gasteiger partial charge is 0.323 e. The molecule has 1 aliphatic carbocycles. The van der Waals surface area contributed by atoms with Gasteiger partial charge in [0.15, 0.2) is 0 Å². The third kappa shape index (κ3) is 5.41. The zero-order chi connectivity index (χ0) is 15.0. The van der Waals surface area contributed by atoms with E-state index in [0.29, 0.717) is 12.5 Å². The van der Waals surface area contributed by atoms with Gasteiger partial charge >= 0.3 is 5.97 Å². The van der Waals surface area contributed by atoms with E-state index < -0.39 is 11.5 Å². The molecule has 1 aliphatic rings. The second-order valence-corrected chi connectivity index (χ2v) is 6.10. The lowest BCUT2D eigenvalue weighted by molar-refractivity contribution is -0.145. The Hall–Kier alpha value is -0.610. The summed E-state index contributed by atoms with van der Waals surface area (Å²) in [6.07, 6.45) is 6.95. The summed E-state index contributed by atoms with van der Waals surface area (Å²) in [6.45, 7) is 9.64. The quantitative estimate of drug-likeness (QED) is 0.578. The maximum Gasteiger partial charge on any atom is 0.323 e. The van der Waals surface area contributed by atoms with Gasteiger partial charge in [-0.2, -0.15) is 0 Å². The van der Waals surface area contributed by atoms with Gasteiger partial charge in [-0.3, -0.25) is 10.1 Å². The van der Waals surface area contributed by atoms with Gasteiger partial charge in [0.05, 0.1) is 0 Å². The second-order valence-electron chi connectivity index (χ2n) is 6.10. The van der Waals surface area contributed by atoms with E-state index in [0.717, 1.165) is 58.2 Å². The van der Waals surface area contributed by atoms with E-state index in [2.05, 4.69) is 24.1 Å². The number of nitrogens with zero attached hydrogens (tertiary/aromatic N) is 1. The van der Waals surface area contributed by atoms with Gasteiger partial charge < -0.3 is 10.0 Å². The fraction of sp³-hybridized carbons (Fsp3) is 0.938. The van der Waals surface area contributed by atoms with E-state index in [4.69, 9.17) is 0 Å². The third-order valence-corrected chi connectivity index (χ3v) is 4.23. The predicted octanol–water partition coefficient (Wildman–Crippen LogP) is 2.87. The zero-order valence-electron chi connectivity index (χ0n) is 13.5. The molecule has 1 atom stereocenters. The summed E-state index contributed by atoms with van der Waals surface area (Å²) in [7, 11) is 0. The zero-order valence-corrected chi connectivity index (χ0v) is 13.5. The Morgan fingerprint density at radius 2 is 1.80 bits per heavy atom. The van der Waals surface area contributed by atoms with E-state index in [-0.39, 0.29) is 0 Å². The molecule has 0 bridgehead atoms. The highest BCUT2D eigenvalue weighted by Crippen LogP contribution is 2.27. The van der Waals surface area contributed by atoms with Gasteiger partial charge in [0.25, 0.3) is 0 Å². The molecule has 1 unspecified atom stereocenters. The van der Waals surface area contributed by atoms with E-state index in [1.807, 2.05) is 6.92 Å². The van der Waals surface area contributed by atoms with Crippen LogP contribution in [-0.2, 0) is 4.79 Å². The molecule has 1 fully saturated rings. The lowest BCUT2D eigenvalue weighted by Crippen LogP contribution is -2.53. The summed E-state index contributed by atoms with van der Waals surface area (Å²) >= 11 is 0. The normalized spacial score (nSPS) is 18.2. The number of carbonyl (C=O) groups is 1. The van der Waals surface area contributed by atoms with Crippen molar-refractivity contribution < 1.29 is 9.90 Å². The van der Waals surface area contributed by atoms with Crippen molar-refractivity contribution in [2.45, 2.75) is 77.3 Å². The second kappa shape index (κ2) is 8.63. The summed E-state index contributed by atoms with van der Waals surface area (Å²) in [5.74, 6) is -0.676.